The monoisotopic (exact) mass is 293 g/mol. The molecule has 0 saturated carbocycles. The normalized spacial score (nSPS) is 18.2. The molecular formula is C16H24FN3O. The lowest BCUT2D eigenvalue weighted by molar-refractivity contribution is -0.117. The number of hydrogen-bond acceptors (Lipinski definition) is 3. The summed E-state index contributed by atoms with van der Waals surface area (Å²) in [6.07, 6.45) is 2.37. The number of anilines is 1. The zero-order valence-electron chi connectivity index (χ0n) is 12.8. The molecule has 1 amide bonds. The molecule has 116 valence electrons. The topological polar surface area (TPSA) is 44.4 Å². The van der Waals surface area contributed by atoms with Gasteiger partial charge in [0.1, 0.15) is 5.82 Å². The van der Waals surface area contributed by atoms with E-state index in [1.54, 1.807) is 19.1 Å². The van der Waals surface area contributed by atoms with Crippen LogP contribution in [0.5, 0.6) is 0 Å². The fourth-order valence-electron chi connectivity index (χ4n) is 2.60. The highest BCUT2D eigenvalue weighted by molar-refractivity contribution is 5.92. The molecule has 4 nitrogen and oxygen atoms in total. The second-order valence-electron chi connectivity index (χ2n) is 5.63. The molecule has 0 radical (unpaired) electrons. The van der Waals surface area contributed by atoms with Crippen molar-refractivity contribution in [2.24, 2.45) is 0 Å². The molecule has 2 rings (SSSR count). The molecule has 1 unspecified atom stereocenters. The standard InChI is InChI=1S/C16H24FN3O/c1-3-20(10-14-5-4-8-18-14)11-16(21)19-13-7-6-12(2)15(17)9-13/h6-7,9,14,18H,3-5,8,10-11H2,1-2H3,(H,19,21). The Morgan fingerprint density at radius 2 is 2.33 bits per heavy atom. The van der Waals surface area contributed by atoms with Gasteiger partial charge in [-0.1, -0.05) is 13.0 Å². The summed E-state index contributed by atoms with van der Waals surface area (Å²) in [7, 11) is 0. The van der Waals surface area contributed by atoms with Crippen LogP contribution in [0.4, 0.5) is 10.1 Å². The molecule has 1 aromatic carbocycles. The van der Waals surface area contributed by atoms with Gasteiger partial charge >= 0.3 is 0 Å². The van der Waals surface area contributed by atoms with Crippen molar-refractivity contribution in [3.05, 3.63) is 29.6 Å². The summed E-state index contributed by atoms with van der Waals surface area (Å²) in [4.78, 5) is 14.2. The average molecular weight is 293 g/mol. The number of halogens is 1. The fourth-order valence-corrected chi connectivity index (χ4v) is 2.60. The van der Waals surface area contributed by atoms with Gasteiger partial charge in [-0.15, -0.1) is 0 Å². The molecular weight excluding hydrogens is 269 g/mol. The van der Waals surface area contributed by atoms with Gasteiger partial charge in [-0.2, -0.15) is 0 Å². The molecule has 1 saturated heterocycles. The van der Waals surface area contributed by atoms with Gasteiger partial charge in [0.2, 0.25) is 5.91 Å². The number of rotatable bonds is 6. The Bertz CT molecular complexity index is 486. The van der Waals surface area contributed by atoms with Gasteiger partial charge in [0.15, 0.2) is 0 Å². The third kappa shape index (κ3) is 4.79. The van der Waals surface area contributed by atoms with E-state index in [-0.39, 0.29) is 11.7 Å². The molecule has 1 aromatic rings. The Morgan fingerprint density at radius 1 is 1.52 bits per heavy atom. The minimum absolute atomic E-state index is 0.0990. The molecule has 0 aromatic heterocycles. The van der Waals surface area contributed by atoms with Crippen molar-refractivity contribution in [1.82, 2.24) is 10.2 Å². The summed E-state index contributed by atoms with van der Waals surface area (Å²) < 4.78 is 13.5. The van der Waals surface area contributed by atoms with E-state index in [0.717, 1.165) is 19.6 Å². The van der Waals surface area contributed by atoms with E-state index in [1.165, 1.54) is 18.9 Å². The zero-order valence-corrected chi connectivity index (χ0v) is 12.8. The fraction of sp³-hybridized carbons (Fsp3) is 0.562. The number of aryl methyl sites for hydroxylation is 1. The summed E-state index contributed by atoms with van der Waals surface area (Å²) in [6, 6.07) is 5.24. The molecule has 1 aliphatic rings. The van der Waals surface area contributed by atoms with Crippen LogP contribution in [0.1, 0.15) is 25.3 Å². The maximum atomic E-state index is 13.5. The van der Waals surface area contributed by atoms with Crippen LogP contribution in [-0.2, 0) is 4.79 Å². The lowest BCUT2D eigenvalue weighted by Crippen LogP contribution is -2.41. The summed E-state index contributed by atoms with van der Waals surface area (Å²) in [5.74, 6) is -0.395. The number of carbonyl (C=O) groups is 1. The smallest absolute Gasteiger partial charge is 0.238 e. The number of hydrogen-bond donors (Lipinski definition) is 2. The van der Waals surface area contributed by atoms with Crippen molar-refractivity contribution in [3.8, 4) is 0 Å². The Morgan fingerprint density at radius 3 is 2.95 bits per heavy atom. The van der Waals surface area contributed by atoms with Crippen LogP contribution in [0.25, 0.3) is 0 Å². The zero-order chi connectivity index (χ0) is 15.2. The quantitative estimate of drug-likeness (QED) is 0.844. The van der Waals surface area contributed by atoms with Crippen LogP contribution in [0.15, 0.2) is 18.2 Å². The predicted octanol–water partition coefficient (Wildman–Crippen LogP) is 2.15. The van der Waals surface area contributed by atoms with Crippen molar-refractivity contribution in [1.29, 1.82) is 0 Å². The Balaban J connectivity index is 1.85. The van der Waals surface area contributed by atoms with Crippen LogP contribution in [0.3, 0.4) is 0 Å². The SMILES string of the molecule is CCN(CC(=O)Nc1ccc(C)c(F)c1)CC1CCCN1. The third-order valence-electron chi connectivity index (χ3n) is 3.91. The van der Waals surface area contributed by atoms with Gasteiger partial charge in [0, 0.05) is 18.3 Å². The number of carbonyl (C=O) groups excluding carboxylic acids is 1. The van der Waals surface area contributed by atoms with Crippen molar-refractivity contribution in [2.45, 2.75) is 32.7 Å². The Labute approximate surface area is 125 Å². The maximum Gasteiger partial charge on any atom is 0.238 e. The highest BCUT2D eigenvalue weighted by Crippen LogP contribution is 2.13. The number of nitrogens with zero attached hydrogens (tertiary/aromatic N) is 1. The van der Waals surface area contributed by atoms with Gasteiger partial charge in [0.05, 0.1) is 6.54 Å². The lowest BCUT2D eigenvalue weighted by atomic mass is 10.2. The summed E-state index contributed by atoms with van der Waals surface area (Å²) >= 11 is 0. The highest BCUT2D eigenvalue weighted by atomic mass is 19.1. The Kier molecular flexibility index (Phi) is 5.70. The number of nitrogens with one attached hydrogen (secondary N) is 2. The van der Waals surface area contributed by atoms with Gasteiger partial charge < -0.3 is 10.6 Å². The van der Waals surface area contributed by atoms with Crippen LogP contribution in [-0.4, -0.2) is 43.0 Å². The van der Waals surface area contributed by atoms with Crippen LogP contribution in [0, 0.1) is 12.7 Å². The minimum Gasteiger partial charge on any atom is -0.325 e. The third-order valence-corrected chi connectivity index (χ3v) is 3.91. The first-order chi connectivity index (χ1) is 10.1. The van der Waals surface area contributed by atoms with Gasteiger partial charge in [0.25, 0.3) is 0 Å². The second-order valence-corrected chi connectivity index (χ2v) is 5.63. The van der Waals surface area contributed by atoms with Gasteiger partial charge in [-0.3, -0.25) is 9.69 Å². The molecule has 0 aliphatic carbocycles. The van der Waals surface area contributed by atoms with Crippen molar-refractivity contribution in [3.63, 3.8) is 0 Å². The van der Waals surface area contributed by atoms with E-state index in [1.807, 2.05) is 6.92 Å². The van der Waals surface area contributed by atoms with Crippen molar-refractivity contribution < 1.29 is 9.18 Å². The van der Waals surface area contributed by atoms with Gasteiger partial charge in [-0.25, -0.2) is 4.39 Å². The molecule has 1 aliphatic heterocycles. The molecule has 2 N–H and O–H groups in total. The van der Waals surface area contributed by atoms with E-state index >= 15 is 0 Å². The second kappa shape index (κ2) is 7.52. The van der Waals surface area contributed by atoms with Crippen LogP contribution < -0.4 is 10.6 Å². The summed E-state index contributed by atoms with van der Waals surface area (Å²) in [6.45, 7) is 6.86. The molecule has 1 atom stereocenters. The minimum atomic E-state index is -0.296. The molecule has 21 heavy (non-hydrogen) atoms. The largest absolute Gasteiger partial charge is 0.325 e. The number of amides is 1. The van der Waals surface area contributed by atoms with Crippen molar-refractivity contribution >= 4 is 11.6 Å². The van der Waals surface area contributed by atoms with Gasteiger partial charge in [-0.05, 0) is 50.6 Å². The summed E-state index contributed by atoms with van der Waals surface area (Å²) in [5.41, 5.74) is 1.09. The predicted molar refractivity (Wildman–Crippen MR) is 82.9 cm³/mol. The molecule has 0 bridgehead atoms. The maximum absolute atomic E-state index is 13.5. The Hall–Kier alpha value is -1.46. The average Bonchev–Trinajstić information content (AvgIpc) is 2.95. The summed E-state index contributed by atoms with van der Waals surface area (Å²) in [5, 5.41) is 6.19. The molecule has 0 spiro atoms. The van der Waals surface area contributed by atoms with Crippen LogP contribution in [0.2, 0.25) is 0 Å². The van der Waals surface area contributed by atoms with E-state index in [2.05, 4.69) is 15.5 Å². The number of benzene rings is 1. The van der Waals surface area contributed by atoms with E-state index in [4.69, 9.17) is 0 Å². The first-order valence-corrected chi connectivity index (χ1v) is 7.60. The van der Waals surface area contributed by atoms with Crippen molar-refractivity contribution in [2.75, 3.05) is 31.5 Å². The van der Waals surface area contributed by atoms with E-state index in [0.29, 0.717) is 23.8 Å². The van der Waals surface area contributed by atoms with E-state index < -0.39 is 0 Å². The molecule has 5 heteroatoms. The molecule has 1 heterocycles. The first-order valence-electron chi connectivity index (χ1n) is 7.60. The molecule has 1 fully saturated rings. The number of likely N-dealkylation sites (N-methyl/N-ethyl adjacent to an activating group) is 1. The highest BCUT2D eigenvalue weighted by Gasteiger charge is 2.18. The first kappa shape index (κ1) is 15.9. The lowest BCUT2D eigenvalue weighted by Gasteiger charge is -2.23. The van der Waals surface area contributed by atoms with E-state index in [9.17, 15) is 9.18 Å². The van der Waals surface area contributed by atoms with Crippen LogP contribution >= 0.6 is 0 Å².